The molecule has 1 aromatic heterocycles. The Balaban J connectivity index is 2.15. The summed E-state index contributed by atoms with van der Waals surface area (Å²) in [6, 6.07) is 5.91. The van der Waals surface area contributed by atoms with Crippen molar-refractivity contribution >= 4 is 38.4 Å². The maximum atomic E-state index is 13.8. The Kier molecular flexibility index (Phi) is 4.52. The molecule has 0 bridgehead atoms. The third-order valence-corrected chi connectivity index (χ3v) is 4.49. The molecule has 4 nitrogen and oxygen atoms in total. The van der Waals surface area contributed by atoms with Gasteiger partial charge in [0.25, 0.3) is 0 Å². The van der Waals surface area contributed by atoms with Gasteiger partial charge in [-0.25, -0.2) is 9.07 Å². The molecule has 120 valence electrons. The first-order valence-corrected chi connectivity index (χ1v) is 7.63. The topological polar surface area (TPSA) is 36.3 Å². The lowest BCUT2D eigenvalue weighted by Gasteiger charge is -2.10. The van der Waals surface area contributed by atoms with Gasteiger partial charge in [0.2, 0.25) is 5.82 Å². The van der Waals surface area contributed by atoms with Crippen molar-refractivity contribution in [1.29, 1.82) is 0 Å². The van der Waals surface area contributed by atoms with Crippen LogP contribution < -0.4 is 4.74 Å². The summed E-state index contributed by atoms with van der Waals surface area (Å²) in [7, 11) is 1.39. The molecule has 1 heterocycles. The summed E-state index contributed by atoms with van der Waals surface area (Å²) in [5, 5.41) is 5.37. The van der Waals surface area contributed by atoms with Crippen LogP contribution in [0.25, 0.3) is 16.6 Å². The number of benzene rings is 2. The van der Waals surface area contributed by atoms with Gasteiger partial charge >= 0.3 is 0 Å². The minimum absolute atomic E-state index is 0.196. The van der Waals surface area contributed by atoms with E-state index >= 15 is 0 Å². The summed E-state index contributed by atoms with van der Waals surface area (Å²) in [5.41, 5.74) is 0.963. The molecule has 0 saturated carbocycles. The smallest absolute Gasteiger partial charge is 0.200 e. The third-order valence-electron chi connectivity index (χ3n) is 3.20. The average Bonchev–Trinajstić information content (AvgIpc) is 2.97. The molecule has 0 unspecified atom stereocenters. The number of ether oxygens (including phenoxy) is 2. The molecule has 23 heavy (non-hydrogen) atoms. The quantitative estimate of drug-likeness (QED) is 0.592. The molecule has 0 aliphatic rings. The van der Waals surface area contributed by atoms with Crippen molar-refractivity contribution in [3.63, 3.8) is 0 Å². The molecule has 0 atom stereocenters. The van der Waals surface area contributed by atoms with E-state index < -0.39 is 11.6 Å². The number of rotatable bonds is 4. The number of halogens is 4. The van der Waals surface area contributed by atoms with Gasteiger partial charge in [0.15, 0.2) is 18.4 Å². The van der Waals surface area contributed by atoms with Crippen LogP contribution in [0, 0.1) is 11.6 Å². The maximum Gasteiger partial charge on any atom is 0.200 e. The van der Waals surface area contributed by atoms with Gasteiger partial charge in [-0.15, -0.1) is 0 Å². The molecule has 0 aliphatic heterocycles. The molecule has 0 N–H and O–H groups in total. The van der Waals surface area contributed by atoms with E-state index in [4.69, 9.17) is 21.1 Å². The van der Waals surface area contributed by atoms with E-state index in [9.17, 15) is 8.78 Å². The SMILES string of the molecule is COCOc1cc(-n2ncc3c(Cl)c(Br)ccc32)cc(F)c1F. The van der Waals surface area contributed by atoms with Gasteiger partial charge < -0.3 is 9.47 Å². The molecule has 3 aromatic rings. The fourth-order valence-electron chi connectivity index (χ4n) is 2.15. The fourth-order valence-corrected chi connectivity index (χ4v) is 2.70. The second-order valence-corrected chi connectivity index (χ2v) is 5.87. The zero-order chi connectivity index (χ0) is 16.6. The first kappa shape index (κ1) is 16.2. The van der Waals surface area contributed by atoms with Gasteiger partial charge in [-0.2, -0.15) is 9.49 Å². The Bertz CT molecular complexity index is 886. The van der Waals surface area contributed by atoms with Gasteiger partial charge in [-0.05, 0) is 28.1 Å². The normalized spacial score (nSPS) is 11.2. The van der Waals surface area contributed by atoms with E-state index in [1.54, 1.807) is 18.3 Å². The van der Waals surface area contributed by atoms with Crippen molar-refractivity contribution in [2.45, 2.75) is 0 Å². The molecule has 2 aromatic carbocycles. The van der Waals surface area contributed by atoms with Crippen molar-refractivity contribution < 1.29 is 18.3 Å². The van der Waals surface area contributed by atoms with Crippen LogP contribution in [0.1, 0.15) is 0 Å². The Morgan fingerprint density at radius 3 is 2.83 bits per heavy atom. The first-order chi connectivity index (χ1) is 11.0. The summed E-state index contributed by atoms with van der Waals surface area (Å²) in [6.45, 7) is -0.196. The largest absolute Gasteiger partial charge is 0.464 e. The predicted octanol–water partition coefficient (Wildman–Crippen LogP) is 4.70. The van der Waals surface area contributed by atoms with E-state index in [0.29, 0.717) is 21.6 Å². The van der Waals surface area contributed by atoms with Crippen LogP contribution in [0.15, 0.2) is 34.9 Å². The summed E-state index contributed by atoms with van der Waals surface area (Å²) < 4.78 is 39.5. The van der Waals surface area contributed by atoms with Gasteiger partial charge in [0.1, 0.15) is 0 Å². The molecule has 0 radical (unpaired) electrons. The summed E-state index contributed by atoms with van der Waals surface area (Å²) in [4.78, 5) is 0. The Hall–Kier alpha value is -1.70. The van der Waals surface area contributed by atoms with Crippen LogP contribution in [-0.4, -0.2) is 23.7 Å². The first-order valence-electron chi connectivity index (χ1n) is 6.46. The van der Waals surface area contributed by atoms with Gasteiger partial charge in [0.05, 0.1) is 22.4 Å². The maximum absolute atomic E-state index is 13.8. The van der Waals surface area contributed by atoms with Crippen molar-refractivity contribution in [2.75, 3.05) is 13.9 Å². The lowest BCUT2D eigenvalue weighted by atomic mass is 10.2. The Morgan fingerprint density at radius 1 is 1.30 bits per heavy atom. The van der Waals surface area contributed by atoms with E-state index in [2.05, 4.69) is 21.0 Å². The van der Waals surface area contributed by atoms with E-state index in [1.807, 2.05) is 0 Å². The molecule has 0 aliphatic carbocycles. The van der Waals surface area contributed by atoms with Gasteiger partial charge in [0, 0.05) is 29.1 Å². The van der Waals surface area contributed by atoms with Crippen LogP contribution in [-0.2, 0) is 4.74 Å². The van der Waals surface area contributed by atoms with E-state index in [-0.39, 0.29) is 12.5 Å². The number of fused-ring (bicyclic) bond motifs is 1. The number of nitrogens with zero attached hydrogens (tertiary/aromatic N) is 2. The fraction of sp³-hybridized carbons (Fsp3) is 0.133. The highest BCUT2D eigenvalue weighted by atomic mass is 79.9. The highest BCUT2D eigenvalue weighted by Crippen LogP contribution is 2.33. The second-order valence-electron chi connectivity index (χ2n) is 4.64. The van der Waals surface area contributed by atoms with Crippen molar-refractivity contribution in [1.82, 2.24) is 9.78 Å². The number of hydrogen-bond donors (Lipinski definition) is 0. The number of hydrogen-bond acceptors (Lipinski definition) is 3. The van der Waals surface area contributed by atoms with Crippen LogP contribution >= 0.6 is 27.5 Å². The van der Waals surface area contributed by atoms with Gasteiger partial charge in [-0.1, -0.05) is 11.6 Å². The highest BCUT2D eigenvalue weighted by molar-refractivity contribution is 9.10. The van der Waals surface area contributed by atoms with E-state index in [1.165, 1.54) is 17.9 Å². The van der Waals surface area contributed by atoms with Crippen molar-refractivity contribution in [3.8, 4) is 11.4 Å². The predicted molar refractivity (Wildman–Crippen MR) is 86.2 cm³/mol. The average molecular weight is 404 g/mol. The summed E-state index contributed by atoms with van der Waals surface area (Å²) in [5.74, 6) is -2.38. The molecule has 0 spiro atoms. The molecule has 0 fully saturated rings. The highest BCUT2D eigenvalue weighted by Gasteiger charge is 2.16. The lowest BCUT2D eigenvalue weighted by Crippen LogP contribution is -2.05. The third kappa shape index (κ3) is 2.91. The van der Waals surface area contributed by atoms with Crippen LogP contribution in [0.5, 0.6) is 5.75 Å². The second kappa shape index (κ2) is 6.43. The Morgan fingerprint density at radius 2 is 2.09 bits per heavy atom. The van der Waals surface area contributed by atoms with E-state index in [0.717, 1.165) is 10.5 Å². The lowest BCUT2D eigenvalue weighted by molar-refractivity contribution is 0.0478. The number of aromatic nitrogens is 2. The summed E-state index contributed by atoms with van der Waals surface area (Å²) in [6.07, 6.45) is 1.55. The van der Waals surface area contributed by atoms with Crippen LogP contribution in [0.2, 0.25) is 5.02 Å². The zero-order valence-corrected chi connectivity index (χ0v) is 14.2. The monoisotopic (exact) mass is 402 g/mol. The van der Waals surface area contributed by atoms with Crippen molar-refractivity contribution in [2.24, 2.45) is 0 Å². The summed E-state index contributed by atoms with van der Waals surface area (Å²) >= 11 is 9.54. The Labute approximate surface area is 143 Å². The zero-order valence-electron chi connectivity index (χ0n) is 11.8. The molecule has 0 amide bonds. The molecular formula is C15H10BrClF2N2O2. The standard InChI is InChI=1S/C15H10BrClF2N2O2/c1-22-7-23-13-5-8(4-11(18)15(13)19)21-12-3-2-10(16)14(17)9(12)6-20-21/h2-6H,7H2,1H3. The number of methoxy groups -OCH3 is 1. The van der Waals surface area contributed by atoms with Gasteiger partial charge in [-0.3, -0.25) is 0 Å². The molecular weight excluding hydrogens is 394 g/mol. The molecule has 3 rings (SSSR count). The van der Waals surface area contributed by atoms with Crippen LogP contribution in [0.3, 0.4) is 0 Å². The molecule has 0 saturated heterocycles. The minimum Gasteiger partial charge on any atom is -0.464 e. The minimum atomic E-state index is -1.08. The van der Waals surface area contributed by atoms with Crippen molar-refractivity contribution in [3.05, 3.63) is 51.6 Å². The molecule has 8 heteroatoms. The van der Waals surface area contributed by atoms with Crippen LogP contribution in [0.4, 0.5) is 8.78 Å².